The first-order valence-corrected chi connectivity index (χ1v) is 11.8. The molecule has 32 heavy (non-hydrogen) atoms. The molecule has 0 saturated carbocycles. The molecule has 0 saturated heterocycles. The van der Waals surface area contributed by atoms with Crippen molar-refractivity contribution in [1.29, 1.82) is 0 Å². The van der Waals surface area contributed by atoms with Gasteiger partial charge in [-0.2, -0.15) is 0 Å². The van der Waals surface area contributed by atoms with Crippen LogP contribution in [0, 0.1) is 13.8 Å². The quantitative estimate of drug-likeness (QED) is 0.320. The number of ether oxygens (including phenoxy) is 4. The lowest BCUT2D eigenvalue weighted by molar-refractivity contribution is 0.0484. The van der Waals surface area contributed by atoms with Gasteiger partial charge >= 0.3 is 0 Å². The van der Waals surface area contributed by atoms with Crippen LogP contribution in [-0.2, 0) is 20.3 Å². The molecule has 0 radical (unpaired) electrons. The first-order valence-electron chi connectivity index (χ1n) is 11.1. The van der Waals surface area contributed by atoms with E-state index < -0.39 is 0 Å². The Morgan fingerprint density at radius 2 is 1.03 bits per heavy atom. The van der Waals surface area contributed by atoms with Gasteiger partial charge in [0, 0.05) is 42.1 Å². The van der Waals surface area contributed by atoms with Crippen LogP contribution in [0.4, 0.5) is 0 Å². The van der Waals surface area contributed by atoms with Crippen molar-refractivity contribution in [1.82, 2.24) is 0 Å². The Labute approximate surface area is 197 Å². The zero-order valence-electron chi connectivity index (χ0n) is 21.5. The monoisotopic (exact) mass is 460 g/mol. The standard InChI is InChI=1S/C27H41O4P/c1-17-11-19(23(30-15-28-9)21(13-17)26(3,4)5)25(32)20-12-18(2)14-22(27(6,7)8)24(20)31-16-29-10/h11-14,25H,15-16,32H2,1-10H3. The summed E-state index contributed by atoms with van der Waals surface area (Å²) in [7, 11) is 6.31. The van der Waals surface area contributed by atoms with Crippen molar-refractivity contribution in [3.8, 4) is 11.5 Å². The fraction of sp³-hybridized carbons (Fsp3) is 0.556. The van der Waals surface area contributed by atoms with Crippen molar-refractivity contribution >= 4 is 9.24 Å². The van der Waals surface area contributed by atoms with Crippen molar-refractivity contribution in [2.45, 2.75) is 71.9 Å². The zero-order valence-corrected chi connectivity index (χ0v) is 22.7. The topological polar surface area (TPSA) is 36.9 Å². The molecule has 0 fully saturated rings. The summed E-state index contributed by atoms with van der Waals surface area (Å²) in [6.45, 7) is 17.9. The highest BCUT2D eigenvalue weighted by Crippen LogP contribution is 2.48. The Kier molecular flexibility index (Phi) is 8.78. The molecule has 0 aliphatic carbocycles. The fourth-order valence-electron chi connectivity index (χ4n) is 3.90. The van der Waals surface area contributed by atoms with E-state index in [0.717, 1.165) is 22.6 Å². The molecule has 1 atom stereocenters. The molecule has 0 heterocycles. The molecule has 2 aromatic carbocycles. The van der Waals surface area contributed by atoms with Gasteiger partial charge < -0.3 is 18.9 Å². The van der Waals surface area contributed by atoms with Crippen LogP contribution in [0.1, 0.15) is 80.6 Å². The average Bonchev–Trinajstić information content (AvgIpc) is 2.68. The normalized spacial score (nSPS) is 12.4. The van der Waals surface area contributed by atoms with Crippen molar-refractivity contribution in [2.75, 3.05) is 27.8 Å². The van der Waals surface area contributed by atoms with Gasteiger partial charge in [-0.3, -0.25) is 0 Å². The summed E-state index contributed by atoms with van der Waals surface area (Å²) in [5.41, 5.74) is 6.75. The second kappa shape index (κ2) is 10.5. The van der Waals surface area contributed by atoms with Crippen molar-refractivity contribution in [2.24, 2.45) is 0 Å². The van der Waals surface area contributed by atoms with Crippen LogP contribution in [0.25, 0.3) is 0 Å². The predicted octanol–water partition coefficient (Wildman–Crippen LogP) is 6.83. The first-order chi connectivity index (χ1) is 14.8. The second-order valence-corrected chi connectivity index (χ2v) is 11.2. The molecule has 178 valence electrons. The van der Waals surface area contributed by atoms with Gasteiger partial charge in [-0.05, 0) is 24.7 Å². The Bertz CT molecular complexity index is 847. The third kappa shape index (κ3) is 6.25. The number of hydrogen-bond acceptors (Lipinski definition) is 4. The molecule has 2 aromatic rings. The lowest BCUT2D eigenvalue weighted by atomic mass is 9.81. The van der Waals surface area contributed by atoms with Gasteiger partial charge in [0.2, 0.25) is 0 Å². The minimum Gasteiger partial charge on any atom is -0.467 e. The van der Waals surface area contributed by atoms with E-state index in [0.29, 0.717) is 0 Å². The maximum Gasteiger partial charge on any atom is 0.188 e. The lowest BCUT2D eigenvalue weighted by Crippen LogP contribution is -2.18. The highest BCUT2D eigenvalue weighted by Gasteiger charge is 2.29. The zero-order chi connectivity index (χ0) is 24.3. The summed E-state index contributed by atoms with van der Waals surface area (Å²) in [6, 6.07) is 8.84. The van der Waals surface area contributed by atoms with E-state index in [1.165, 1.54) is 22.3 Å². The van der Waals surface area contributed by atoms with E-state index in [-0.39, 0.29) is 30.1 Å². The van der Waals surface area contributed by atoms with Crippen LogP contribution >= 0.6 is 9.24 Å². The summed E-state index contributed by atoms with van der Waals surface area (Å²) in [6.07, 6.45) is 0. The average molecular weight is 461 g/mol. The predicted molar refractivity (Wildman–Crippen MR) is 136 cm³/mol. The number of methoxy groups -OCH3 is 2. The Morgan fingerprint density at radius 3 is 1.31 bits per heavy atom. The van der Waals surface area contributed by atoms with Crippen LogP contribution in [0.5, 0.6) is 11.5 Å². The van der Waals surface area contributed by atoms with Crippen molar-refractivity contribution in [3.63, 3.8) is 0 Å². The van der Waals surface area contributed by atoms with Crippen LogP contribution in [0.15, 0.2) is 24.3 Å². The summed E-state index contributed by atoms with van der Waals surface area (Å²) < 4.78 is 22.9. The molecule has 5 heteroatoms. The highest BCUT2D eigenvalue weighted by molar-refractivity contribution is 7.17. The van der Waals surface area contributed by atoms with Crippen LogP contribution in [0.3, 0.4) is 0 Å². The van der Waals surface area contributed by atoms with Gasteiger partial charge in [0.05, 0.1) is 0 Å². The number of benzene rings is 2. The number of hydrogen-bond donors (Lipinski definition) is 0. The summed E-state index contributed by atoms with van der Waals surface area (Å²) in [5, 5.41) is 0. The number of rotatable bonds is 8. The van der Waals surface area contributed by atoms with Crippen LogP contribution in [0.2, 0.25) is 0 Å². The molecule has 0 amide bonds. The summed E-state index contributed by atoms with van der Waals surface area (Å²) in [4.78, 5) is 0. The lowest BCUT2D eigenvalue weighted by Gasteiger charge is -2.30. The third-order valence-electron chi connectivity index (χ3n) is 5.45. The van der Waals surface area contributed by atoms with E-state index in [4.69, 9.17) is 18.9 Å². The van der Waals surface area contributed by atoms with Gasteiger partial charge in [0.25, 0.3) is 0 Å². The minimum atomic E-state index is -0.0766. The molecule has 2 rings (SSSR count). The van der Waals surface area contributed by atoms with Crippen LogP contribution in [-0.4, -0.2) is 27.8 Å². The molecule has 4 nitrogen and oxygen atoms in total. The Hall–Kier alpha value is -1.61. The smallest absolute Gasteiger partial charge is 0.188 e. The van der Waals surface area contributed by atoms with E-state index in [2.05, 4.69) is 88.9 Å². The largest absolute Gasteiger partial charge is 0.467 e. The van der Waals surface area contributed by atoms with Gasteiger partial charge in [-0.15, -0.1) is 9.24 Å². The van der Waals surface area contributed by atoms with Gasteiger partial charge in [-0.25, -0.2) is 0 Å². The van der Waals surface area contributed by atoms with Gasteiger partial charge in [0.15, 0.2) is 13.6 Å². The summed E-state index contributed by atoms with van der Waals surface area (Å²) in [5.74, 6) is 1.75. The maximum absolute atomic E-state index is 6.19. The van der Waals surface area contributed by atoms with Crippen molar-refractivity contribution in [3.05, 3.63) is 57.6 Å². The van der Waals surface area contributed by atoms with E-state index in [1.54, 1.807) is 14.2 Å². The van der Waals surface area contributed by atoms with E-state index >= 15 is 0 Å². The maximum atomic E-state index is 6.19. The second-order valence-electron chi connectivity index (χ2n) is 10.5. The van der Waals surface area contributed by atoms with E-state index in [9.17, 15) is 0 Å². The first kappa shape index (κ1) is 26.6. The Balaban J connectivity index is 2.80. The SMILES string of the molecule is COCOc1c(C(P)c2cc(C)cc(C(C)(C)C)c2OCOC)cc(C)cc1C(C)(C)C. The highest BCUT2D eigenvalue weighted by atomic mass is 31.0. The molecular formula is C27H41O4P. The molecule has 0 bridgehead atoms. The fourth-order valence-corrected chi connectivity index (χ4v) is 4.40. The van der Waals surface area contributed by atoms with Crippen molar-refractivity contribution < 1.29 is 18.9 Å². The van der Waals surface area contributed by atoms with E-state index in [1.807, 2.05) is 0 Å². The molecular weight excluding hydrogens is 419 g/mol. The number of aryl methyl sites for hydroxylation is 2. The molecule has 0 spiro atoms. The van der Waals surface area contributed by atoms with Gasteiger partial charge in [-0.1, -0.05) is 76.9 Å². The third-order valence-corrected chi connectivity index (χ3v) is 6.17. The molecule has 0 aliphatic rings. The molecule has 1 unspecified atom stereocenters. The minimum absolute atomic E-state index is 0.0317. The molecule has 0 aliphatic heterocycles. The summed E-state index contributed by atoms with van der Waals surface area (Å²) >= 11 is 0. The Morgan fingerprint density at radius 1 is 0.688 bits per heavy atom. The molecule has 0 N–H and O–H groups in total. The van der Waals surface area contributed by atoms with Gasteiger partial charge in [0.1, 0.15) is 11.5 Å². The van der Waals surface area contributed by atoms with Crippen LogP contribution < -0.4 is 9.47 Å². The molecule has 0 aromatic heterocycles.